The Balaban J connectivity index is 1.73. The minimum Gasteiger partial charge on any atom is -0.465 e. The molecule has 1 aromatic heterocycles. The van der Waals surface area contributed by atoms with Crippen molar-refractivity contribution in [3.63, 3.8) is 0 Å². The molecule has 0 saturated carbocycles. The number of anilines is 1. The first-order chi connectivity index (χ1) is 12.6. The molecule has 0 atom stereocenters. The van der Waals surface area contributed by atoms with E-state index in [-0.39, 0.29) is 12.3 Å². The lowest BCUT2D eigenvalue weighted by Gasteiger charge is -2.13. The average Bonchev–Trinajstić information content (AvgIpc) is 3.18. The Labute approximate surface area is 152 Å². The Morgan fingerprint density at radius 3 is 2.35 bits per heavy atom. The van der Waals surface area contributed by atoms with Gasteiger partial charge in [0.15, 0.2) is 0 Å². The molecule has 1 N–H and O–H groups in total. The largest absolute Gasteiger partial charge is 0.465 e. The monoisotopic (exact) mass is 348 g/mol. The standard InChI is InChI=1S/C21H20N2O3/c1-15-6-5-7-18(21(25)26-2)20(15)22-19(24)14-16-8-10-17(11-9-16)23-12-3-4-13-23/h3-13H,14H2,1-2H3,(H,22,24). The molecule has 1 amide bonds. The van der Waals surface area contributed by atoms with Crippen LogP contribution in [0.25, 0.3) is 5.69 Å². The number of hydrogen-bond acceptors (Lipinski definition) is 3. The Bertz CT molecular complexity index is 913. The van der Waals surface area contributed by atoms with E-state index in [0.717, 1.165) is 16.8 Å². The van der Waals surface area contributed by atoms with Crippen LogP contribution in [0, 0.1) is 6.92 Å². The van der Waals surface area contributed by atoms with Crippen molar-refractivity contribution in [1.29, 1.82) is 0 Å². The van der Waals surface area contributed by atoms with Crippen LogP contribution in [0.1, 0.15) is 21.5 Å². The lowest BCUT2D eigenvalue weighted by molar-refractivity contribution is -0.115. The van der Waals surface area contributed by atoms with Crippen LogP contribution in [-0.4, -0.2) is 23.6 Å². The first kappa shape index (κ1) is 17.5. The van der Waals surface area contributed by atoms with Crippen molar-refractivity contribution < 1.29 is 14.3 Å². The fourth-order valence-electron chi connectivity index (χ4n) is 2.78. The number of carbonyl (C=O) groups excluding carboxylic acids is 2. The van der Waals surface area contributed by atoms with Gasteiger partial charge in [-0.3, -0.25) is 4.79 Å². The molecule has 0 radical (unpaired) electrons. The van der Waals surface area contributed by atoms with Crippen molar-refractivity contribution in [3.05, 3.63) is 83.7 Å². The number of aryl methyl sites for hydroxylation is 1. The summed E-state index contributed by atoms with van der Waals surface area (Å²) >= 11 is 0. The highest BCUT2D eigenvalue weighted by Crippen LogP contribution is 2.22. The third kappa shape index (κ3) is 3.83. The number of hydrogen-bond donors (Lipinski definition) is 1. The van der Waals surface area contributed by atoms with Gasteiger partial charge in [0, 0.05) is 18.1 Å². The van der Waals surface area contributed by atoms with Crippen molar-refractivity contribution in [2.75, 3.05) is 12.4 Å². The van der Waals surface area contributed by atoms with Crippen LogP contribution in [0.2, 0.25) is 0 Å². The zero-order valence-corrected chi connectivity index (χ0v) is 14.7. The number of esters is 1. The normalized spacial score (nSPS) is 10.4. The molecule has 5 heteroatoms. The first-order valence-electron chi connectivity index (χ1n) is 8.28. The summed E-state index contributed by atoms with van der Waals surface area (Å²) in [5.41, 5.74) is 3.58. The van der Waals surface area contributed by atoms with Gasteiger partial charge < -0.3 is 14.6 Å². The van der Waals surface area contributed by atoms with Crippen LogP contribution in [0.4, 0.5) is 5.69 Å². The number of nitrogens with one attached hydrogen (secondary N) is 1. The third-order valence-electron chi connectivity index (χ3n) is 4.15. The topological polar surface area (TPSA) is 60.3 Å². The van der Waals surface area contributed by atoms with E-state index in [4.69, 9.17) is 4.74 Å². The van der Waals surface area contributed by atoms with Crippen molar-refractivity contribution in [2.45, 2.75) is 13.3 Å². The second-order valence-electron chi connectivity index (χ2n) is 5.97. The van der Waals surface area contributed by atoms with Gasteiger partial charge in [-0.05, 0) is 48.4 Å². The molecule has 0 aliphatic heterocycles. The molecule has 0 spiro atoms. The van der Waals surface area contributed by atoms with E-state index < -0.39 is 5.97 Å². The maximum atomic E-state index is 12.4. The fraction of sp³-hybridized carbons (Fsp3) is 0.143. The number of nitrogens with zero attached hydrogens (tertiary/aromatic N) is 1. The minimum atomic E-state index is -0.472. The number of rotatable bonds is 5. The zero-order chi connectivity index (χ0) is 18.5. The van der Waals surface area contributed by atoms with E-state index in [1.54, 1.807) is 12.1 Å². The molecule has 3 aromatic rings. The molecule has 0 fully saturated rings. The number of amides is 1. The van der Waals surface area contributed by atoms with Gasteiger partial charge in [0.1, 0.15) is 0 Å². The van der Waals surface area contributed by atoms with E-state index in [0.29, 0.717) is 11.3 Å². The van der Waals surface area contributed by atoms with Crippen molar-refractivity contribution in [3.8, 4) is 5.69 Å². The molecule has 0 bridgehead atoms. The molecule has 132 valence electrons. The van der Waals surface area contributed by atoms with Gasteiger partial charge in [-0.2, -0.15) is 0 Å². The molecule has 0 saturated heterocycles. The summed E-state index contributed by atoms with van der Waals surface area (Å²) in [7, 11) is 1.32. The molecule has 0 aliphatic rings. The van der Waals surface area contributed by atoms with Crippen LogP contribution < -0.4 is 5.32 Å². The number of methoxy groups -OCH3 is 1. The number of para-hydroxylation sites is 1. The van der Waals surface area contributed by atoms with Gasteiger partial charge in [0.25, 0.3) is 0 Å². The van der Waals surface area contributed by atoms with Gasteiger partial charge in [0.2, 0.25) is 5.91 Å². The summed E-state index contributed by atoms with van der Waals surface area (Å²) in [6.45, 7) is 1.84. The predicted octanol–water partition coefficient (Wildman–Crippen LogP) is 3.75. The minimum absolute atomic E-state index is 0.182. The average molecular weight is 348 g/mol. The van der Waals surface area contributed by atoms with E-state index in [9.17, 15) is 9.59 Å². The molecule has 0 aliphatic carbocycles. The van der Waals surface area contributed by atoms with Crippen molar-refractivity contribution in [1.82, 2.24) is 4.57 Å². The maximum absolute atomic E-state index is 12.4. The van der Waals surface area contributed by atoms with Gasteiger partial charge in [0.05, 0.1) is 24.8 Å². The maximum Gasteiger partial charge on any atom is 0.339 e. The van der Waals surface area contributed by atoms with Gasteiger partial charge in [-0.1, -0.05) is 24.3 Å². The third-order valence-corrected chi connectivity index (χ3v) is 4.15. The fourth-order valence-corrected chi connectivity index (χ4v) is 2.78. The van der Waals surface area contributed by atoms with Crippen molar-refractivity contribution >= 4 is 17.6 Å². The highest BCUT2D eigenvalue weighted by Gasteiger charge is 2.16. The van der Waals surface area contributed by atoms with Crippen LogP contribution in [0.5, 0.6) is 0 Å². The zero-order valence-electron chi connectivity index (χ0n) is 14.7. The lowest BCUT2D eigenvalue weighted by atomic mass is 10.1. The smallest absolute Gasteiger partial charge is 0.339 e. The summed E-state index contributed by atoms with van der Waals surface area (Å²) < 4.78 is 6.79. The van der Waals surface area contributed by atoms with E-state index in [2.05, 4.69) is 5.32 Å². The highest BCUT2D eigenvalue weighted by atomic mass is 16.5. The summed E-state index contributed by atoms with van der Waals surface area (Å²) in [5, 5.41) is 2.84. The molecule has 26 heavy (non-hydrogen) atoms. The highest BCUT2D eigenvalue weighted by molar-refractivity contribution is 6.02. The van der Waals surface area contributed by atoms with Crippen LogP contribution in [0.15, 0.2) is 67.0 Å². The van der Waals surface area contributed by atoms with E-state index >= 15 is 0 Å². The molecule has 3 rings (SSSR count). The number of benzene rings is 2. The summed E-state index contributed by atoms with van der Waals surface area (Å²) in [4.78, 5) is 24.3. The Morgan fingerprint density at radius 2 is 1.69 bits per heavy atom. The number of carbonyl (C=O) groups is 2. The summed E-state index contributed by atoms with van der Waals surface area (Å²) in [6, 6.07) is 16.9. The molecule has 2 aromatic carbocycles. The van der Waals surface area contributed by atoms with Gasteiger partial charge in [-0.15, -0.1) is 0 Å². The summed E-state index contributed by atoms with van der Waals surface area (Å²) in [5.74, 6) is -0.654. The quantitative estimate of drug-likeness (QED) is 0.714. The summed E-state index contributed by atoms with van der Waals surface area (Å²) in [6.07, 6.45) is 4.16. The SMILES string of the molecule is COC(=O)c1cccc(C)c1NC(=O)Cc1ccc(-n2cccc2)cc1. The number of ether oxygens (including phenoxy) is 1. The van der Waals surface area contributed by atoms with Gasteiger partial charge >= 0.3 is 5.97 Å². The second kappa shape index (κ2) is 7.70. The van der Waals surface area contributed by atoms with Gasteiger partial charge in [-0.25, -0.2) is 4.79 Å². The Morgan fingerprint density at radius 1 is 1.00 bits per heavy atom. The second-order valence-corrected chi connectivity index (χ2v) is 5.97. The molecular formula is C21H20N2O3. The van der Waals surface area contributed by atoms with Crippen molar-refractivity contribution in [2.24, 2.45) is 0 Å². The molecular weight excluding hydrogens is 328 g/mol. The Hall–Kier alpha value is -3.34. The van der Waals surface area contributed by atoms with E-state index in [1.165, 1.54) is 7.11 Å². The molecule has 0 unspecified atom stereocenters. The van der Waals surface area contributed by atoms with E-state index in [1.807, 2.05) is 66.3 Å². The lowest BCUT2D eigenvalue weighted by Crippen LogP contribution is -2.18. The van der Waals surface area contributed by atoms with Crippen LogP contribution >= 0.6 is 0 Å². The number of aromatic nitrogens is 1. The Kier molecular flexibility index (Phi) is 5.17. The molecule has 5 nitrogen and oxygen atoms in total. The molecule has 1 heterocycles. The first-order valence-corrected chi connectivity index (χ1v) is 8.28. The van der Waals surface area contributed by atoms with Crippen LogP contribution in [0.3, 0.4) is 0 Å². The van der Waals surface area contributed by atoms with Crippen LogP contribution in [-0.2, 0) is 16.0 Å². The predicted molar refractivity (Wildman–Crippen MR) is 101 cm³/mol.